The molecule has 1 aliphatic rings. The second kappa shape index (κ2) is 9.30. The molecule has 1 atom stereocenters. The first-order valence-corrected chi connectivity index (χ1v) is 12.1. The van der Waals surface area contributed by atoms with Gasteiger partial charge in [0.1, 0.15) is 16.7 Å². The first kappa shape index (κ1) is 23.8. The summed E-state index contributed by atoms with van der Waals surface area (Å²) in [7, 11) is -2.67. The number of carbonyl (C=O) groups excluding carboxylic acids is 2. The summed E-state index contributed by atoms with van der Waals surface area (Å²) in [5.41, 5.74) is 1.13. The molecule has 0 saturated carbocycles. The summed E-state index contributed by atoms with van der Waals surface area (Å²) in [5.74, 6) is -0.309. The first-order valence-electron chi connectivity index (χ1n) is 10.1. The van der Waals surface area contributed by atoms with E-state index in [1.54, 1.807) is 37.8 Å². The van der Waals surface area contributed by atoms with E-state index < -0.39 is 22.4 Å². The number of fused-ring (bicyclic) bond motifs is 1. The van der Waals surface area contributed by atoms with Crippen LogP contribution in [0.15, 0.2) is 29.2 Å². The van der Waals surface area contributed by atoms with Gasteiger partial charge in [-0.25, -0.2) is 13.2 Å². The third-order valence-corrected chi connectivity index (χ3v) is 6.83. The van der Waals surface area contributed by atoms with Crippen molar-refractivity contribution in [2.45, 2.75) is 63.6 Å². The average molecular weight is 476 g/mol. The van der Waals surface area contributed by atoms with Crippen LogP contribution in [0.25, 0.3) is 0 Å². The predicted molar refractivity (Wildman–Crippen MR) is 121 cm³/mol. The van der Waals surface area contributed by atoms with Gasteiger partial charge >= 0.3 is 6.09 Å². The van der Waals surface area contributed by atoms with Crippen LogP contribution in [-0.2, 0) is 39.6 Å². The summed E-state index contributed by atoms with van der Waals surface area (Å²) in [5, 5.41) is 13.0. The molecule has 1 unspecified atom stereocenters. The number of nitriles is 1. The van der Waals surface area contributed by atoms with E-state index in [4.69, 9.17) is 4.74 Å². The van der Waals surface area contributed by atoms with Crippen molar-refractivity contribution in [1.29, 1.82) is 5.26 Å². The molecular formula is C22H25N3O5S2. The van der Waals surface area contributed by atoms with Crippen LogP contribution in [0.4, 0.5) is 9.80 Å². The smallest absolute Gasteiger partial charge is 0.410 e. The van der Waals surface area contributed by atoms with Crippen molar-refractivity contribution in [3.63, 3.8) is 0 Å². The number of nitrogens with one attached hydrogen (secondary N) is 1. The Bertz CT molecular complexity index is 1150. The van der Waals surface area contributed by atoms with Gasteiger partial charge in [0.15, 0.2) is 10.7 Å². The van der Waals surface area contributed by atoms with Crippen LogP contribution in [0.2, 0.25) is 0 Å². The minimum Gasteiger partial charge on any atom is -0.444 e. The zero-order valence-corrected chi connectivity index (χ0v) is 20.0. The van der Waals surface area contributed by atoms with E-state index in [0.29, 0.717) is 22.5 Å². The number of carbonyl (C=O) groups is 2. The molecule has 1 aliphatic heterocycles. The lowest BCUT2D eigenvalue weighted by atomic mass is 10.0. The van der Waals surface area contributed by atoms with Crippen LogP contribution in [0, 0.1) is 11.3 Å². The normalized spacial score (nSPS) is 15.8. The monoisotopic (exact) mass is 475 g/mol. The second-order valence-electron chi connectivity index (χ2n) is 8.63. The zero-order valence-electron chi connectivity index (χ0n) is 18.3. The minimum absolute atomic E-state index is 0.0454. The molecule has 32 heavy (non-hydrogen) atoms. The van der Waals surface area contributed by atoms with Crippen molar-refractivity contribution in [3.05, 3.63) is 45.8 Å². The highest BCUT2D eigenvalue weighted by molar-refractivity contribution is 7.72. The third kappa shape index (κ3) is 5.47. The van der Waals surface area contributed by atoms with Gasteiger partial charge in [-0.15, -0.1) is 11.3 Å². The molecule has 0 aliphatic carbocycles. The average Bonchev–Trinajstić information content (AvgIpc) is 3.01. The Hall–Kier alpha value is -2.90. The minimum atomic E-state index is -2.67. The molecule has 1 aromatic heterocycles. The topological polar surface area (TPSA) is 117 Å². The molecule has 2 heterocycles. The van der Waals surface area contributed by atoms with Gasteiger partial charge in [-0.2, -0.15) is 5.26 Å². The fourth-order valence-corrected chi connectivity index (χ4v) is 5.10. The van der Waals surface area contributed by atoms with E-state index in [9.17, 15) is 23.3 Å². The van der Waals surface area contributed by atoms with Crippen molar-refractivity contribution >= 4 is 39.0 Å². The van der Waals surface area contributed by atoms with Crippen molar-refractivity contribution in [3.8, 4) is 6.07 Å². The number of benzene rings is 1. The summed E-state index contributed by atoms with van der Waals surface area (Å²) in [4.78, 5) is 27.9. The van der Waals surface area contributed by atoms with Gasteiger partial charge in [0, 0.05) is 22.9 Å². The molecule has 0 radical (unpaired) electrons. The molecule has 1 N–H and O–H groups in total. The van der Waals surface area contributed by atoms with Gasteiger partial charge in [-0.1, -0.05) is 12.1 Å². The summed E-state index contributed by atoms with van der Waals surface area (Å²) in [6, 6.07) is 8.14. The van der Waals surface area contributed by atoms with Crippen LogP contribution >= 0.6 is 11.3 Å². The van der Waals surface area contributed by atoms with E-state index in [-0.39, 0.29) is 29.8 Å². The Morgan fingerprint density at radius 3 is 2.50 bits per heavy atom. The number of rotatable bonds is 4. The fourth-order valence-electron chi connectivity index (χ4n) is 3.41. The largest absolute Gasteiger partial charge is 0.444 e. The number of hydrogen-bond donors (Lipinski definition) is 2. The standard InChI is InChI=1S/C22H25N3O5S2/c1-13-9-18-17(12-25(13)21(27)30-22(2,3)4)16(11-23)20(31-18)24-19(26)10-14-5-7-15(8-6-14)32(28)29/h5-8,13,32H,9-10,12H2,1-4H3,(H,24,26). The van der Waals surface area contributed by atoms with Crippen molar-refractivity contribution in [1.82, 2.24) is 4.90 Å². The molecule has 8 nitrogen and oxygen atoms in total. The maximum absolute atomic E-state index is 12.6. The zero-order chi connectivity index (χ0) is 23.6. The number of amides is 2. The van der Waals surface area contributed by atoms with E-state index in [1.165, 1.54) is 23.5 Å². The van der Waals surface area contributed by atoms with Crippen LogP contribution in [0.5, 0.6) is 0 Å². The lowest BCUT2D eigenvalue weighted by molar-refractivity contribution is -0.115. The van der Waals surface area contributed by atoms with E-state index in [1.807, 2.05) is 6.92 Å². The lowest BCUT2D eigenvalue weighted by Gasteiger charge is -2.34. The predicted octanol–water partition coefficient (Wildman–Crippen LogP) is 3.45. The van der Waals surface area contributed by atoms with E-state index >= 15 is 0 Å². The third-order valence-electron chi connectivity index (χ3n) is 4.94. The van der Waals surface area contributed by atoms with Gasteiger partial charge in [-0.3, -0.25) is 4.79 Å². The molecule has 2 amide bonds. The number of anilines is 1. The van der Waals surface area contributed by atoms with Crippen LogP contribution in [-0.4, -0.2) is 37.0 Å². The van der Waals surface area contributed by atoms with Gasteiger partial charge in [-0.05, 0) is 45.4 Å². The molecule has 3 rings (SSSR count). The van der Waals surface area contributed by atoms with Crippen LogP contribution in [0.1, 0.15) is 49.3 Å². The summed E-state index contributed by atoms with van der Waals surface area (Å²) >= 11 is 1.35. The quantitative estimate of drug-likeness (QED) is 0.654. The van der Waals surface area contributed by atoms with Crippen LogP contribution < -0.4 is 5.32 Å². The second-order valence-corrected chi connectivity index (χ2v) is 10.8. The van der Waals surface area contributed by atoms with E-state index in [0.717, 1.165) is 10.4 Å². The summed E-state index contributed by atoms with van der Waals surface area (Å²) in [6.07, 6.45) is 0.183. The molecule has 0 fully saturated rings. The van der Waals surface area contributed by atoms with Gasteiger partial charge in [0.05, 0.1) is 23.4 Å². The molecule has 170 valence electrons. The van der Waals surface area contributed by atoms with Gasteiger partial charge in [0.25, 0.3) is 0 Å². The van der Waals surface area contributed by atoms with Gasteiger partial charge < -0.3 is 15.0 Å². The molecule has 10 heteroatoms. The SMILES string of the molecule is CC1Cc2sc(NC(=O)Cc3ccc([SH](=O)=O)cc3)c(C#N)c2CN1C(=O)OC(C)(C)C. The van der Waals surface area contributed by atoms with Crippen molar-refractivity contribution < 1.29 is 22.7 Å². The van der Waals surface area contributed by atoms with E-state index in [2.05, 4.69) is 11.4 Å². The maximum atomic E-state index is 12.6. The van der Waals surface area contributed by atoms with Gasteiger partial charge in [0.2, 0.25) is 5.91 Å². The summed E-state index contributed by atoms with van der Waals surface area (Å²) in [6.45, 7) is 7.58. The first-order chi connectivity index (χ1) is 15.0. The van der Waals surface area contributed by atoms with Crippen LogP contribution in [0.3, 0.4) is 0 Å². The molecule has 0 saturated heterocycles. The fraction of sp³-hybridized carbons (Fsp3) is 0.409. The highest BCUT2D eigenvalue weighted by atomic mass is 32.2. The Balaban J connectivity index is 1.76. The molecule has 0 spiro atoms. The molecular weight excluding hydrogens is 450 g/mol. The van der Waals surface area contributed by atoms with Crippen molar-refractivity contribution in [2.75, 3.05) is 5.32 Å². The number of thiol groups is 1. The number of thiophene rings is 1. The molecule has 1 aromatic carbocycles. The lowest BCUT2D eigenvalue weighted by Crippen LogP contribution is -2.44. The highest BCUT2D eigenvalue weighted by Crippen LogP contribution is 2.38. The maximum Gasteiger partial charge on any atom is 0.410 e. The Morgan fingerprint density at radius 1 is 1.28 bits per heavy atom. The highest BCUT2D eigenvalue weighted by Gasteiger charge is 2.34. The Labute approximate surface area is 192 Å². The number of ether oxygens (including phenoxy) is 1. The summed E-state index contributed by atoms with van der Waals surface area (Å²) < 4.78 is 27.5. The molecule has 0 bridgehead atoms. The molecule has 2 aromatic rings. The Morgan fingerprint density at radius 2 is 1.94 bits per heavy atom. The Kier molecular flexibility index (Phi) is 6.91. The van der Waals surface area contributed by atoms with Crippen molar-refractivity contribution in [2.24, 2.45) is 0 Å². The number of nitrogens with zero attached hydrogens (tertiary/aromatic N) is 2. The number of hydrogen-bond acceptors (Lipinski definition) is 7.